The molecule has 2 N–H and O–H groups in total. The minimum Gasteiger partial charge on any atom is -0.497 e. The molecule has 0 radical (unpaired) electrons. The van der Waals surface area contributed by atoms with Gasteiger partial charge in [0.15, 0.2) is 0 Å². The largest absolute Gasteiger partial charge is 0.497 e. The lowest BCUT2D eigenvalue weighted by molar-refractivity contribution is -0.121. The average Bonchev–Trinajstić information content (AvgIpc) is 2.97. The number of benzene rings is 1. The fraction of sp³-hybridized carbons (Fsp3) is 0.533. The third-order valence-electron chi connectivity index (χ3n) is 3.68. The van der Waals surface area contributed by atoms with Gasteiger partial charge in [0.05, 0.1) is 7.11 Å². The second-order valence-corrected chi connectivity index (χ2v) is 5.13. The zero-order valence-corrected chi connectivity index (χ0v) is 13.0. The molecule has 4 nitrogen and oxygen atoms in total. The summed E-state index contributed by atoms with van der Waals surface area (Å²) in [5.74, 6) is 0.696. The van der Waals surface area contributed by atoms with Gasteiger partial charge < -0.3 is 15.4 Å². The van der Waals surface area contributed by atoms with Gasteiger partial charge in [-0.15, -0.1) is 12.4 Å². The highest BCUT2D eigenvalue weighted by molar-refractivity contribution is 5.85. The number of ether oxygens (including phenoxy) is 1. The molecule has 0 bridgehead atoms. The number of amides is 1. The third-order valence-corrected chi connectivity index (χ3v) is 3.68. The van der Waals surface area contributed by atoms with E-state index in [0.717, 1.165) is 25.9 Å². The van der Waals surface area contributed by atoms with Crippen molar-refractivity contribution in [2.45, 2.75) is 25.8 Å². The Balaban J connectivity index is 0.00000220. The molecular formula is C15H22ClFN2O2. The van der Waals surface area contributed by atoms with Crippen LogP contribution in [0.3, 0.4) is 0 Å². The van der Waals surface area contributed by atoms with E-state index in [4.69, 9.17) is 4.74 Å². The number of rotatable bonds is 6. The second-order valence-electron chi connectivity index (χ2n) is 5.13. The van der Waals surface area contributed by atoms with Crippen molar-refractivity contribution in [3.05, 3.63) is 29.6 Å². The zero-order chi connectivity index (χ0) is 14.4. The van der Waals surface area contributed by atoms with Crippen molar-refractivity contribution in [3.63, 3.8) is 0 Å². The summed E-state index contributed by atoms with van der Waals surface area (Å²) in [5.41, 5.74) is 0.474. The summed E-state index contributed by atoms with van der Waals surface area (Å²) in [6, 6.07) is 4.65. The first kappa shape index (κ1) is 17.7. The van der Waals surface area contributed by atoms with Crippen LogP contribution in [-0.2, 0) is 11.3 Å². The Morgan fingerprint density at radius 2 is 2.33 bits per heavy atom. The Kier molecular flexibility index (Phi) is 7.47. The van der Waals surface area contributed by atoms with E-state index in [0.29, 0.717) is 23.7 Å². The van der Waals surface area contributed by atoms with Crippen LogP contribution in [0.25, 0.3) is 0 Å². The molecule has 1 fully saturated rings. The monoisotopic (exact) mass is 316 g/mol. The minimum absolute atomic E-state index is 0. The fourth-order valence-electron chi connectivity index (χ4n) is 2.38. The molecule has 0 spiro atoms. The first-order valence-electron chi connectivity index (χ1n) is 6.99. The summed E-state index contributed by atoms with van der Waals surface area (Å²) in [4.78, 5) is 11.7. The molecule has 1 saturated heterocycles. The van der Waals surface area contributed by atoms with E-state index in [9.17, 15) is 9.18 Å². The summed E-state index contributed by atoms with van der Waals surface area (Å²) in [6.07, 6.45) is 2.54. The fourth-order valence-corrected chi connectivity index (χ4v) is 2.38. The predicted octanol–water partition coefficient (Wildman–Crippen LogP) is 2.26. The van der Waals surface area contributed by atoms with Crippen LogP contribution in [0.4, 0.5) is 4.39 Å². The van der Waals surface area contributed by atoms with Crippen LogP contribution in [0.2, 0.25) is 0 Å². The lowest BCUT2D eigenvalue weighted by atomic mass is 10.0. The highest BCUT2D eigenvalue weighted by atomic mass is 35.5. The van der Waals surface area contributed by atoms with Gasteiger partial charge in [-0.25, -0.2) is 4.39 Å². The van der Waals surface area contributed by atoms with Gasteiger partial charge in [-0.3, -0.25) is 4.79 Å². The lowest BCUT2D eigenvalue weighted by Crippen LogP contribution is -2.24. The molecule has 0 aromatic heterocycles. The second kappa shape index (κ2) is 8.85. The average molecular weight is 317 g/mol. The summed E-state index contributed by atoms with van der Waals surface area (Å²) >= 11 is 0. The van der Waals surface area contributed by atoms with E-state index in [1.165, 1.54) is 13.2 Å². The van der Waals surface area contributed by atoms with Gasteiger partial charge in [0.1, 0.15) is 11.6 Å². The van der Waals surface area contributed by atoms with Crippen molar-refractivity contribution in [3.8, 4) is 5.75 Å². The Morgan fingerprint density at radius 3 is 2.95 bits per heavy atom. The number of carbonyl (C=O) groups excluding carboxylic acids is 1. The maximum Gasteiger partial charge on any atom is 0.220 e. The van der Waals surface area contributed by atoms with Crippen molar-refractivity contribution in [2.24, 2.45) is 5.92 Å². The van der Waals surface area contributed by atoms with Crippen LogP contribution < -0.4 is 15.4 Å². The van der Waals surface area contributed by atoms with E-state index in [1.54, 1.807) is 12.1 Å². The molecule has 6 heteroatoms. The third kappa shape index (κ3) is 5.52. The molecule has 1 heterocycles. The van der Waals surface area contributed by atoms with Crippen molar-refractivity contribution in [2.75, 3.05) is 20.2 Å². The number of hydrogen-bond acceptors (Lipinski definition) is 3. The normalized spacial score (nSPS) is 17.1. The smallest absolute Gasteiger partial charge is 0.220 e. The first-order chi connectivity index (χ1) is 9.69. The van der Waals surface area contributed by atoms with Gasteiger partial charge in [0.2, 0.25) is 5.91 Å². The van der Waals surface area contributed by atoms with Gasteiger partial charge in [-0.05, 0) is 37.9 Å². The zero-order valence-electron chi connectivity index (χ0n) is 12.2. The summed E-state index contributed by atoms with van der Waals surface area (Å²) in [6.45, 7) is 2.27. The molecule has 1 unspecified atom stereocenters. The molecule has 1 aliphatic rings. The maximum absolute atomic E-state index is 13.7. The highest BCUT2D eigenvalue weighted by Gasteiger charge is 2.15. The van der Waals surface area contributed by atoms with Crippen LogP contribution in [0.5, 0.6) is 5.75 Å². The molecule has 1 atom stereocenters. The molecule has 21 heavy (non-hydrogen) atoms. The predicted molar refractivity (Wildman–Crippen MR) is 82.3 cm³/mol. The van der Waals surface area contributed by atoms with Gasteiger partial charge >= 0.3 is 0 Å². The van der Waals surface area contributed by atoms with Crippen molar-refractivity contribution in [1.82, 2.24) is 10.6 Å². The Bertz CT molecular complexity index is 465. The summed E-state index contributed by atoms with van der Waals surface area (Å²) in [5, 5.41) is 6.04. The van der Waals surface area contributed by atoms with Crippen molar-refractivity contribution < 1.29 is 13.9 Å². The van der Waals surface area contributed by atoms with E-state index in [-0.39, 0.29) is 30.7 Å². The van der Waals surface area contributed by atoms with Crippen LogP contribution in [0, 0.1) is 11.7 Å². The highest BCUT2D eigenvalue weighted by Crippen LogP contribution is 2.16. The van der Waals surface area contributed by atoms with Crippen LogP contribution in [-0.4, -0.2) is 26.1 Å². The molecule has 0 aliphatic carbocycles. The maximum atomic E-state index is 13.7. The summed E-state index contributed by atoms with van der Waals surface area (Å²) < 4.78 is 18.6. The topological polar surface area (TPSA) is 50.4 Å². The Labute approximate surface area is 130 Å². The Morgan fingerprint density at radius 1 is 1.52 bits per heavy atom. The summed E-state index contributed by atoms with van der Waals surface area (Å²) in [7, 11) is 1.49. The molecule has 0 saturated carbocycles. The van der Waals surface area contributed by atoms with E-state index in [1.807, 2.05) is 0 Å². The van der Waals surface area contributed by atoms with Gasteiger partial charge in [-0.2, -0.15) is 0 Å². The molecule has 1 amide bonds. The molecule has 1 aromatic carbocycles. The lowest BCUT2D eigenvalue weighted by Gasteiger charge is -2.10. The van der Waals surface area contributed by atoms with Gasteiger partial charge in [0.25, 0.3) is 0 Å². The number of nitrogens with one attached hydrogen (secondary N) is 2. The first-order valence-corrected chi connectivity index (χ1v) is 6.99. The van der Waals surface area contributed by atoms with Gasteiger partial charge in [-0.1, -0.05) is 6.07 Å². The number of carbonyl (C=O) groups is 1. The SMILES string of the molecule is COc1ccc(CNC(=O)CCC2CCNC2)c(F)c1.Cl. The van der Waals surface area contributed by atoms with Crippen molar-refractivity contribution in [1.29, 1.82) is 0 Å². The molecular weight excluding hydrogens is 295 g/mol. The van der Waals surface area contributed by atoms with E-state index >= 15 is 0 Å². The number of methoxy groups -OCH3 is 1. The molecule has 1 aliphatic heterocycles. The van der Waals surface area contributed by atoms with Crippen LogP contribution >= 0.6 is 12.4 Å². The van der Waals surface area contributed by atoms with Crippen LogP contribution in [0.15, 0.2) is 18.2 Å². The molecule has 1 aromatic rings. The number of hydrogen-bond donors (Lipinski definition) is 2. The minimum atomic E-state index is -0.357. The van der Waals surface area contributed by atoms with Crippen LogP contribution in [0.1, 0.15) is 24.8 Å². The molecule has 2 rings (SSSR count). The number of halogens is 2. The Hall–Kier alpha value is -1.33. The quantitative estimate of drug-likeness (QED) is 0.846. The van der Waals surface area contributed by atoms with Crippen molar-refractivity contribution >= 4 is 18.3 Å². The van der Waals surface area contributed by atoms with E-state index < -0.39 is 0 Å². The van der Waals surface area contributed by atoms with Gasteiger partial charge in [0, 0.05) is 24.6 Å². The standard InChI is InChI=1S/C15H21FN2O2.ClH/c1-20-13-4-3-12(14(16)8-13)10-18-15(19)5-2-11-6-7-17-9-11;/h3-4,8,11,17H,2,5-7,9-10H2,1H3,(H,18,19);1H. The van der Waals surface area contributed by atoms with E-state index in [2.05, 4.69) is 10.6 Å². The molecule has 118 valence electrons.